The molecule has 100 valence electrons. The second kappa shape index (κ2) is 5.01. The molecule has 0 aliphatic carbocycles. The van der Waals surface area contributed by atoms with Crippen molar-refractivity contribution >= 4 is 0 Å². The van der Waals surface area contributed by atoms with Gasteiger partial charge in [0, 0.05) is 31.1 Å². The van der Waals surface area contributed by atoms with Crippen LogP contribution in [0.5, 0.6) is 5.75 Å². The number of ether oxygens (including phenoxy) is 1. The molecule has 0 spiro atoms. The molecule has 2 aromatic rings. The molecule has 19 heavy (non-hydrogen) atoms. The summed E-state index contributed by atoms with van der Waals surface area (Å²) in [4.78, 5) is 7.80. The number of aromatic nitrogens is 2. The highest BCUT2D eigenvalue weighted by Crippen LogP contribution is 2.25. The number of rotatable bonds is 3. The van der Waals surface area contributed by atoms with Crippen molar-refractivity contribution in [1.82, 2.24) is 15.3 Å². The molecule has 4 nitrogen and oxygen atoms in total. The van der Waals surface area contributed by atoms with Crippen molar-refractivity contribution in [3.05, 3.63) is 35.4 Å². The van der Waals surface area contributed by atoms with E-state index in [1.54, 1.807) is 0 Å². The summed E-state index contributed by atoms with van der Waals surface area (Å²) in [6, 6.07) is 4.67. The van der Waals surface area contributed by atoms with Crippen molar-refractivity contribution in [3.8, 4) is 17.1 Å². The van der Waals surface area contributed by atoms with Crippen LogP contribution in [0.4, 0.5) is 4.39 Å². The highest BCUT2D eigenvalue weighted by Gasteiger charge is 2.15. The highest BCUT2D eigenvalue weighted by atomic mass is 19.1. The fraction of sp³-hybridized carbons (Fsp3) is 0.357. The molecule has 0 unspecified atom stereocenters. The molecule has 2 heterocycles. The van der Waals surface area contributed by atoms with E-state index in [0.29, 0.717) is 18.2 Å². The highest BCUT2D eigenvalue weighted by molar-refractivity contribution is 5.59. The number of hydrogen-bond donors (Lipinski definition) is 2. The molecule has 0 saturated heterocycles. The molecule has 0 bridgehead atoms. The molecular formula is C14H16FN3O. The number of benzene rings is 1. The van der Waals surface area contributed by atoms with Gasteiger partial charge in [-0.15, -0.1) is 0 Å². The minimum atomic E-state index is -0.312. The zero-order chi connectivity index (χ0) is 13.2. The first-order valence-electron chi connectivity index (χ1n) is 6.48. The Labute approximate surface area is 111 Å². The van der Waals surface area contributed by atoms with Crippen LogP contribution in [0.15, 0.2) is 18.2 Å². The third-order valence-electron chi connectivity index (χ3n) is 3.16. The zero-order valence-corrected chi connectivity index (χ0v) is 10.8. The summed E-state index contributed by atoms with van der Waals surface area (Å²) in [6.45, 7) is 4.12. The third-order valence-corrected chi connectivity index (χ3v) is 3.16. The predicted molar refractivity (Wildman–Crippen MR) is 70.6 cm³/mol. The van der Waals surface area contributed by atoms with E-state index in [4.69, 9.17) is 4.74 Å². The molecule has 5 heteroatoms. The van der Waals surface area contributed by atoms with E-state index in [0.717, 1.165) is 36.5 Å². The second-order valence-corrected chi connectivity index (χ2v) is 4.55. The minimum absolute atomic E-state index is 0.312. The maximum atomic E-state index is 13.6. The molecule has 0 saturated carbocycles. The summed E-state index contributed by atoms with van der Waals surface area (Å²) in [7, 11) is 0. The van der Waals surface area contributed by atoms with Crippen LogP contribution in [0.2, 0.25) is 0 Å². The van der Waals surface area contributed by atoms with E-state index in [2.05, 4.69) is 15.3 Å². The number of H-pyrrole nitrogens is 1. The number of hydrogen-bond acceptors (Lipinski definition) is 3. The molecule has 0 radical (unpaired) electrons. The van der Waals surface area contributed by atoms with Crippen molar-refractivity contribution < 1.29 is 9.13 Å². The van der Waals surface area contributed by atoms with Crippen LogP contribution in [0.3, 0.4) is 0 Å². The van der Waals surface area contributed by atoms with Crippen LogP contribution in [0, 0.1) is 5.82 Å². The molecule has 1 aliphatic heterocycles. The first kappa shape index (κ1) is 12.2. The lowest BCUT2D eigenvalue weighted by molar-refractivity contribution is 0.338. The zero-order valence-electron chi connectivity index (χ0n) is 10.8. The predicted octanol–water partition coefficient (Wildman–Crippen LogP) is 2.26. The Morgan fingerprint density at radius 2 is 2.26 bits per heavy atom. The fourth-order valence-corrected chi connectivity index (χ4v) is 2.30. The van der Waals surface area contributed by atoms with E-state index in [-0.39, 0.29) is 5.82 Å². The van der Waals surface area contributed by atoms with Gasteiger partial charge in [0.05, 0.1) is 18.0 Å². The normalized spacial score (nSPS) is 14.2. The summed E-state index contributed by atoms with van der Waals surface area (Å²) in [5.41, 5.74) is 2.87. The van der Waals surface area contributed by atoms with E-state index >= 15 is 0 Å². The molecule has 1 aromatic heterocycles. The van der Waals surface area contributed by atoms with Gasteiger partial charge in [0.1, 0.15) is 17.4 Å². The first-order chi connectivity index (χ1) is 9.26. The van der Waals surface area contributed by atoms with E-state index in [1.807, 2.05) is 13.0 Å². The molecule has 0 amide bonds. The molecule has 1 aromatic carbocycles. The molecule has 0 atom stereocenters. The SMILES string of the molecule is CCOc1cc(F)cc(-c2nc3c([nH]2)CNCC3)c1. The van der Waals surface area contributed by atoms with Gasteiger partial charge in [0.15, 0.2) is 0 Å². The number of aromatic amines is 1. The molecule has 3 rings (SSSR count). The number of fused-ring (bicyclic) bond motifs is 1. The van der Waals surface area contributed by atoms with Crippen molar-refractivity contribution in [1.29, 1.82) is 0 Å². The second-order valence-electron chi connectivity index (χ2n) is 4.55. The van der Waals surface area contributed by atoms with Crippen LogP contribution < -0.4 is 10.1 Å². The maximum Gasteiger partial charge on any atom is 0.138 e. The average Bonchev–Trinajstić information content (AvgIpc) is 2.82. The molecule has 1 aliphatic rings. The Morgan fingerprint density at radius 1 is 1.37 bits per heavy atom. The topological polar surface area (TPSA) is 49.9 Å². The standard InChI is InChI=1S/C14H16FN3O/c1-2-19-11-6-9(5-10(15)7-11)14-17-12-3-4-16-8-13(12)18-14/h5-7,16H,2-4,8H2,1H3,(H,17,18). The number of imidazole rings is 1. The van der Waals surface area contributed by atoms with Gasteiger partial charge in [-0.1, -0.05) is 0 Å². The van der Waals surface area contributed by atoms with E-state index in [9.17, 15) is 4.39 Å². The lowest BCUT2D eigenvalue weighted by Crippen LogP contribution is -2.23. The summed E-state index contributed by atoms with van der Waals surface area (Å²) in [5.74, 6) is 0.924. The average molecular weight is 261 g/mol. The molecule has 0 fully saturated rings. The van der Waals surface area contributed by atoms with Crippen molar-refractivity contribution in [2.24, 2.45) is 0 Å². The minimum Gasteiger partial charge on any atom is -0.494 e. The quantitative estimate of drug-likeness (QED) is 0.891. The van der Waals surface area contributed by atoms with Gasteiger partial charge in [-0.05, 0) is 19.1 Å². The number of nitrogens with one attached hydrogen (secondary N) is 2. The largest absolute Gasteiger partial charge is 0.494 e. The number of nitrogens with zero attached hydrogens (tertiary/aromatic N) is 1. The Hall–Kier alpha value is -1.88. The van der Waals surface area contributed by atoms with E-state index in [1.165, 1.54) is 12.1 Å². The fourth-order valence-electron chi connectivity index (χ4n) is 2.30. The lowest BCUT2D eigenvalue weighted by atomic mass is 10.2. The first-order valence-corrected chi connectivity index (χ1v) is 6.48. The molecule has 2 N–H and O–H groups in total. The van der Waals surface area contributed by atoms with Gasteiger partial charge in [-0.2, -0.15) is 0 Å². The lowest BCUT2D eigenvalue weighted by Gasteiger charge is -2.09. The van der Waals surface area contributed by atoms with Crippen molar-refractivity contribution in [2.75, 3.05) is 13.2 Å². The van der Waals surface area contributed by atoms with Crippen LogP contribution in [0.25, 0.3) is 11.4 Å². The van der Waals surface area contributed by atoms with Gasteiger partial charge in [-0.25, -0.2) is 9.37 Å². The Balaban J connectivity index is 1.98. The van der Waals surface area contributed by atoms with Gasteiger partial charge < -0.3 is 15.0 Å². The molecular weight excluding hydrogens is 245 g/mol. The summed E-state index contributed by atoms with van der Waals surface area (Å²) in [5, 5.41) is 3.28. The maximum absolute atomic E-state index is 13.6. The van der Waals surface area contributed by atoms with Gasteiger partial charge in [0.2, 0.25) is 0 Å². The summed E-state index contributed by atoms with van der Waals surface area (Å²) < 4.78 is 18.9. The van der Waals surface area contributed by atoms with Crippen molar-refractivity contribution in [2.45, 2.75) is 19.9 Å². The smallest absolute Gasteiger partial charge is 0.138 e. The summed E-state index contributed by atoms with van der Waals surface area (Å²) >= 11 is 0. The Morgan fingerprint density at radius 3 is 3.05 bits per heavy atom. The van der Waals surface area contributed by atoms with Gasteiger partial charge in [-0.3, -0.25) is 0 Å². The van der Waals surface area contributed by atoms with Crippen molar-refractivity contribution in [3.63, 3.8) is 0 Å². The van der Waals surface area contributed by atoms with Crippen LogP contribution in [-0.2, 0) is 13.0 Å². The van der Waals surface area contributed by atoms with Crippen LogP contribution >= 0.6 is 0 Å². The monoisotopic (exact) mass is 261 g/mol. The summed E-state index contributed by atoms with van der Waals surface area (Å²) in [6.07, 6.45) is 0.902. The Bertz CT molecular complexity index is 571. The van der Waals surface area contributed by atoms with Crippen LogP contribution in [0.1, 0.15) is 18.3 Å². The van der Waals surface area contributed by atoms with Gasteiger partial charge >= 0.3 is 0 Å². The number of halogens is 1. The Kier molecular flexibility index (Phi) is 3.21. The van der Waals surface area contributed by atoms with Gasteiger partial charge in [0.25, 0.3) is 0 Å². The third kappa shape index (κ3) is 2.46. The van der Waals surface area contributed by atoms with Crippen LogP contribution in [-0.4, -0.2) is 23.1 Å². The van der Waals surface area contributed by atoms with E-state index < -0.39 is 0 Å².